The van der Waals surface area contributed by atoms with Crippen LogP contribution in [0.5, 0.6) is 5.75 Å². The molecule has 0 spiro atoms. The van der Waals surface area contributed by atoms with Crippen LogP contribution in [-0.4, -0.2) is 25.5 Å². The Labute approximate surface area is 107 Å². The molecule has 0 aliphatic rings. The van der Waals surface area contributed by atoms with Crippen LogP contribution in [-0.2, 0) is 9.53 Å². The summed E-state index contributed by atoms with van der Waals surface area (Å²) in [6.07, 6.45) is 0.153. The molecule has 0 fully saturated rings. The maximum atomic E-state index is 11.9. The van der Waals surface area contributed by atoms with Crippen molar-refractivity contribution in [2.45, 2.75) is 20.3 Å². The largest absolute Gasteiger partial charge is 0.494 e. The number of hydrogen-bond donors (Lipinski definition) is 0. The molecular weight excluding hydrogens is 232 g/mol. The summed E-state index contributed by atoms with van der Waals surface area (Å²) in [5.74, 6) is -0.130. The van der Waals surface area contributed by atoms with Gasteiger partial charge in [0.15, 0.2) is 5.78 Å². The average Bonchev–Trinajstić information content (AvgIpc) is 2.38. The highest BCUT2D eigenvalue weighted by Gasteiger charge is 2.18. The van der Waals surface area contributed by atoms with E-state index in [1.165, 1.54) is 7.11 Å². The van der Waals surface area contributed by atoms with Gasteiger partial charge in [-0.3, -0.25) is 9.59 Å². The summed E-state index contributed by atoms with van der Waals surface area (Å²) in [5, 5.41) is 0. The number of esters is 1. The Morgan fingerprint density at radius 2 is 1.83 bits per heavy atom. The highest BCUT2D eigenvalue weighted by atomic mass is 16.5. The molecule has 0 saturated carbocycles. The van der Waals surface area contributed by atoms with E-state index in [4.69, 9.17) is 4.74 Å². The topological polar surface area (TPSA) is 52.6 Å². The number of carbonyl (C=O) groups excluding carboxylic acids is 2. The number of benzene rings is 1. The molecule has 0 bridgehead atoms. The highest BCUT2D eigenvalue weighted by Crippen LogP contribution is 2.15. The zero-order chi connectivity index (χ0) is 13.5. The molecule has 1 atom stereocenters. The number of methoxy groups -OCH3 is 1. The van der Waals surface area contributed by atoms with E-state index >= 15 is 0 Å². The molecule has 0 aliphatic heterocycles. The molecule has 1 aromatic rings. The van der Waals surface area contributed by atoms with E-state index in [9.17, 15) is 9.59 Å². The van der Waals surface area contributed by atoms with E-state index in [0.717, 1.165) is 5.75 Å². The van der Waals surface area contributed by atoms with E-state index in [1.54, 1.807) is 31.2 Å². The predicted molar refractivity (Wildman–Crippen MR) is 67.7 cm³/mol. The summed E-state index contributed by atoms with van der Waals surface area (Å²) in [4.78, 5) is 23.1. The van der Waals surface area contributed by atoms with E-state index < -0.39 is 5.92 Å². The van der Waals surface area contributed by atoms with Crippen molar-refractivity contribution >= 4 is 11.8 Å². The number of rotatable bonds is 6. The van der Waals surface area contributed by atoms with Crippen molar-refractivity contribution in [3.05, 3.63) is 29.8 Å². The van der Waals surface area contributed by atoms with Gasteiger partial charge in [0.05, 0.1) is 19.6 Å². The standard InChI is InChI=1S/C14H18O4/c1-4-18-12-7-5-11(6-8-12)13(15)9-10(2)14(16)17-3/h5-8,10H,4,9H2,1-3H3. The maximum absolute atomic E-state index is 11.9. The van der Waals surface area contributed by atoms with Crippen molar-refractivity contribution in [1.82, 2.24) is 0 Å². The molecule has 0 saturated heterocycles. The Hall–Kier alpha value is -1.84. The minimum absolute atomic E-state index is 0.0732. The van der Waals surface area contributed by atoms with Crippen LogP contribution in [0.4, 0.5) is 0 Å². The van der Waals surface area contributed by atoms with E-state index in [2.05, 4.69) is 4.74 Å². The van der Waals surface area contributed by atoms with Crippen LogP contribution in [0.2, 0.25) is 0 Å². The fourth-order valence-electron chi connectivity index (χ4n) is 1.58. The molecule has 4 heteroatoms. The van der Waals surface area contributed by atoms with Gasteiger partial charge >= 0.3 is 5.97 Å². The van der Waals surface area contributed by atoms with Gasteiger partial charge in [0.1, 0.15) is 5.75 Å². The molecule has 0 amide bonds. The lowest BCUT2D eigenvalue weighted by atomic mass is 10.00. The molecule has 0 heterocycles. The normalized spacial score (nSPS) is 11.7. The van der Waals surface area contributed by atoms with E-state index in [0.29, 0.717) is 12.2 Å². The van der Waals surface area contributed by atoms with Crippen molar-refractivity contribution in [1.29, 1.82) is 0 Å². The summed E-state index contributed by atoms with van der Waals surface area (Å²) < 4.78 is 9.88. The van der Waals surface area contributed by atoms with E-state index in [1.807, 2.05) is 6.92 Å². The Kier molecular flexibility index (Phi) is 5.36. The van der Waals surface area contributed by atoms with Crippen LogP contribution in [0.3, 0.4) is 0 Å². The van der Waals surface area contributed by atoms with Gasteiger partial charge in [-0.15, -0.1) is 0 Å². The van der Waals surface area contributed by atoms with Gasteiger partial charge in [-0.25, -0.2) is 0 Å². The first-order valence-corrected chi connectivity index (χ1v) is 5.92. The van der Waals surface area contributed by atoms with E-state index in [-0.39, 0.29) is 18.2 Å². The summed E-state index contributed by atoms with van der Waals surface area (Å²) >= 11 is 0. The van der Waals surface area contributed by atoms with Crippen molar-refractivity contribution < 1.29 is 19.1 Å². The molecule has 1 rings (SSSR count). The molecule has 4 nitrogen and oxygen atoms in total. The van der Waals surface area contributed by atoms with Crippen molar-refractivity contribution in [3.8, 4) is 5.75 Å². The molecule has 1 aromatic carbocycles. The van der Waals surface area contributed by atoms with Gasteiger partial charge in [-0.2, -0.15) is 0 Å². The average molecular weight is 250 g/mol. The van der Waals surface area contributed by atoms with Gasteiger partial charge in [-0.1, -0.05) is 6.92 Å². The molecular formula is C14H18O4. The second-order valence-electron chi connectivity index (χ2n) is 4.01. The molecule has 0 N–H and O–H groups in total. The third-order valence-electron chi connectivity index (χ3n) is 2.58. The summed E-state index contributed by atoms with van der Waals surface area (Å²) in [6, 6.07) is 6.91. The lowest BCUT2D eigenvalue weighted by molar-refractivity contribution is -0.144. The number of ether oxygens (including phenoxy) is 2. The Morgan fingerprint density at radius 3 is 2.33 bits per heavy atom. The van der Waals surface area contributed by atoms with Gasteiger partial charge in [0.2, 0.25) is 0 Å². The second kappa shape index (κ2) is 6.79. The number of carbonyl (C=O) groups is 2. The molecule has 0 aromatic heterocycles. The number of Topliss-reactive ketones (excluding diaryl/α,β-unsaturated/α-hetero) is 1. The van der Waals surface area contributed by atoms with Crippen LogP contribution in [0.1, 0.15) is 30.6 Å². The zero-order valence-electron chi connectivity index (χ0n) is 10.9. The maximum Gasteiger partial charge on any atom is 0.308 e. The fourth-order valence-corrected chi connectivity index (χ4v) is 1.58. The monoisotopic (exact) mass is 250 g/mol. The molecule has 18 heavy (non-hydrogen) atoms. The van der Waals surface area contributed by atoms with Crippen LogP contribution >= 0.6 is 0 Å². The van der Waals surface area contributed by atoms with Gasteiger partial charge in [0, 0.05) is 12.0 Å². The lowest BCUT2D eigenvalue weighted by Crippen LogP contribution is -2.16. The second-order valence-corrected chi connectivity index (χ2v) is 4.01. The molecule has 0 radical (unpaired) electrons. The SMILES string of the molecule is CCOc1ccc(C(=O)CC(C)C(=O)OC)cc1. The van der Waals surface area contributed by atoms with Crippen molar-refractivity contribution in [3.63, 3.8) is 0 Å². The molecule has 98 valence electrons. The minimum atomic E-state index is -0.422. The first-order valence-electron chi connectivity index (χ1n) is 5.92. The Bertz CT molecular complexity index is 408. The van der Waals surface area contributed by atoms with Crippen molar-refractivity contribution in [2.24, 2.45) is 5.92 Å². The van der Waals surface area contributed by atoms with Crippen LogP contribution in [0.25, 0.3) is 0 Å². The highest BCUT2D eigenvalue weighted by molar-refractivity contribution is 5.98. The first kappa shape index (κ1) is 14.2. The zero-order valence-corrected chi connectivity index (χ0v) is 10.9. The minimum Gasteiger partial charge on any atom is -0.494 e. The summed E-state index contributed by atoms with van der Waals surface area (Å²) in [7, 11) is 1.32. The third kappa shape index (κ3) is 3.87. The van der Waals surface area contributed by atoms with Crippen molar-refractivity contribution in [2.75, 3.05) is 13.7 Å². The fraction of sp³-hybridized carbons (Fsp3) is 0.429. The van der Waals surface area contributed by atoms with Gasteiger partial charge < -0.3 is 9.47 Å². The first-order chi connectivity index (χ1) is 8.58. The molecule has 1 unspecified atom stereocenters. The van der Waals surface area contributed by atoms with Gasteiger partial charge in [-0.05, 0) is 31.2 Å². The van der Waals surface area contributed by atoms with Gasteiger partial charge in [0.25, 0.3) is 0 Å². The Morgan fingerprint density at radius 1 is 1.22 bits per heavy atom. The quantitative estimate of drug-likeness (QED) is 0.575. The Balaban J connectivity index is 2.64. The number of ketones is 1. The van der Waals surface area contributed by atoms with Crippen LogP contribution in [0, 0.1) is 5.92 Å². The summed E-state index contributed by atoms with van der Waals surface area (Å²) in [6.45, 7) is 4.17. The molecule has 0 aliphatic carbocycles. The van der Waals surface area contributed by atoms with Crippen LogP contribution < -0.4 is 4.74 Å². The smallest absolute Gasteiger partial charge is 0.308 e. The summed E-state index contributed by atoms with van der Waals surface area (Å²) in [5.41, 5.74) is 0.578. The predicted octanol–water partition coefficient (Wildman–Crippen LogP) is 2.47. The van der Waals surface area contributed by atoms with Crippen LogP contribution in [0.15, 0.2) is 24.3 Å². The lowest BCUT2D eigenvalue weighted by Gasteiger charge is -2.08. The third-order valence-corrected chi connectivity index (χ3v) is 2.58. The number of hydrogen-bond acceptors (Lipinski definition) is 4.